The van der Waals surface area contributed by atoms with Crippen LogP contribution in [0.2, 0.25) is 0 Å². The third-order valence-electron chi connectivity index (χ3n) is 7.83. The lowest BCUT2D eigenvalue weighted by molar-refractivity contribution is -0.0226. The Balaban J connectivity index is 1.30. The van der Waals surface area contributed by atoms with Gasteiger partial charge in [0, 0.05) is 12.4 Å². The quantitative estimate of drug-likeness (QED) is 0.883. The fourth-order valence-electron chi connectivity index (χ4n) is 6.31. The summed E-state index contributed by atoms with van der Waals surface area (Å²) in [6.07, 6.45) is 12.5. The standard InChI is InChI=1S/C23H30N2O2/c1-23-9-8-19-18-5-3-17(27-13-12-25-11-10-24-15-25)14-16(18)2-4-20(19)21(23)6-7-22(23)26/h3,5,10-11,14-15,19-22,26H,2,4,6-9,12-13H2,1H3. The second kappa shape index (κ2) is 6.66. The minimum absolute atomic E-state index is 0.0869. The molecule has 5 atom stereocenters. The fourth-order valence-corrected chi connectivity index (χ4v) is 6.31. The summed E-state index contributed by atoms with van der Waals surface area (Å²) in [7, 11) is 0. The molecule has 1 aromatic carbocycles. The Hall–Kier alpha value is -1.81. The Bertz CT molecular complexity index is 803. The molecule has 3 aliphatic rings. The van der Waals surface area contributed by atoms with Crippen LogP contribution in [0.15, 0.2) is 36.9 Å². The van der Waals surface area contributed by atoms with Crippen molar-refractivity contribution < 1.29 is 9.84 Å². The lowest BCUT2D eigenvalue weighted by atomic mass is 9.55. The molecule has 2 saturated carbocycles. The highest BCUT2D eigenvalue weighted by Gasteiger charge is 2.54. The summed E-state index contributed by atoms with van der Waals surface area (Å²) in [6, 6.07) is 6.76. The zero-order valence-corrected chi connectivity index (χ0v) is 16.2. The van der Waals surface area contributed by atoms with Crippen LogP contribution in [0.1, 0.15) is 56.1 Å². The van der Waals surface area contributed by atoms with E-state index in [-0.39, 0.29) is 11.5 Å². The number of hydrogen-bond donors (Lipinski definition) is 1. The Labute approximate surface area is 161 Å². The topological polar surface area (TPSA) is 47.3 Å². The molecule has 1 N–H and O–H groups in total. The Morgan fingerprint density at radius 3 is 3.04 bits per heavy atom. The van der Waals surface area contributed by atoms with Gasteiger partial charge in [0.25, 0.3) is 0 Å². The highest BCUT2D eigenvalue weighted by atomic mass is 16.5. The zero-order chi connectivity index (χ0) is 18.4. The average molecular weight is 367 g/mol. The number of rotatable bonds is 4. The molecule has 0 saturated heterocycles. The predicted octanol–water partition coefficient (Wildman–Crippen LogP) is 4.18. The van der Waals surface area contributed by atoms with Gasteiger partial charge in [0.05, 0.1) is 19.0 Å². The largest absolute Gasteiger partial charge is 0.492 e. The van der Waals surface area contributed by atoms with Gasteiger partial charge in [0.2, 0.25) is 0 Å². The number of fused-ring (bicyclic) bond motifs is 5. The molecular weight excluding hydrogens is 336 g/mol. The number of benzene rings is 1. The molecule has 1 aromatic heterocycles. The SMILES string of the molecule is CC12CCC3c4ccc(OCCn5ccnc5)cc4CCC3C1CCC2O. The van der Waals surface area contributed by atoms with Gasteiger partial charge < -0.3 is 14.4 Å². The third kappa shape index (κ3) is 2.89. The van der Waals surface area contributed by atoms with E-state index < -0.39 is 0 Å². The van der Waals surface area contributed by atoms with Gasteiger partial charge in [-0.3, -0.25) is 0 Å². The number of ether oxygens (including phenoxy) is 1. The highest BCUT2D eigenvalue weighted by molar-refractivity contribution is 5.40. The summed E-state index contributed by atoms with van der Waals surface area (Å²) in [5.74, 6) is 3.12. The predicted molar refractivity (Wildman–Crippen MR) is 105 cm³/mol. The number of hydrogen-bond acceptors (Lipinski definition) is 3. The van der Waals surface area contributed by atoms with Crippen LogP contribution in [0.4, 0.5) is 0 Å². The molecule has 5 unspecified atom stereocenters. The maximum atomic E-state index is 10.5. The molecule has 5 rings (SSSR count). The number of nitrogens with zero attached hydrogens (tertiary/aromatic N) is 2. The fraction of sp³-hybridized carbons (Fsp3) is 0.609. The molecule has 4 nitrogen and oxygen atoms in total. The van der Waals surface area contributed by atoms with Crippen LogP contribution in [-0.2, 0) is 13.0 Å². The molecule has 4 heteroatoms. The van der Waals surface area contributed by atoms with Gasteiger partial charge >= 0.3 is 0 Å². The van der Waals surface area contributed by atoms with Crippen molar-refractivity contribution in [1.29, 1.82) is 0 Å². The average Bonchev–Trinajstić information content (AvgIpc) is 3.30. The molecule has 27 heavy (non-hydrogen) atoms. The van der Waals surface area contributed by atoms with E-state index in [0.717, 1.165) is 31.1 Å². The lowest BCUT2D eigenvalue weighted by Crippen LogP contribution is -2.43. The van der Waals surface area contributed by atoms with Crippen LogP contribution in [0.25, 0.3) is 0 Å². The minimum Gasteiger partial charge on any atom is -0.492 e. The summed E-state index contributed by atoms with van der Waals surface area (Å²) < 4.78 is 8.04. The maximum absolute atomic E-state index is 10.5. The summed E-state index contributed by atoms with van der Waals surface area (Å²) in [5, 5.41) is 10.5. The first-order valence-corrected chi connectivity index (χ1v) is 10.5. The van der Waals surface area contributed by atoms with Crippen molar-refractivity contribution >= 4 is 0 Å². The molecule has 3 aliphatic carbocycles. The maximum Gasteiger partial charge on any atom is 0.119 e. The van der Waals surface area contributed by atoms with E-state index in [9.17, 15) is 5.11 Å². The van der Waals surface area contributed by atoms with Crippen LogP contribution in [0.5, 0.6) is 5.75 Å². The van der Waals surface area contributed by atoms with Crippen molar-refractivity contribution in [1.82, 2.24) is 9.55 Å². The number of aryl methyl sites for hydroxylation is 1. The van der Waals surface area contributed by atoms with Crippen molar-refractivity contribution in [2.45, 2.75) is 64.0 Å². The first kappa shape index (κ1) is 17.3. The van der Waals surface area contributed by atoms with Crippen LogP contribution in [-0.4, -0.2) is 27.4 Å². The van der Waals surface area contributed by atoms with Crippen LogP contribution in [0.3, 0.4) is 0 Å². The molecule has 0 bridgehead atoms. The van der Waals surface area contributed by atoms with Crippen LogP contribution >= 0.6 is 0 Å². The molecule has 2 fully saturated rings. The van der Waals surface area contributed by atoms with Crippen molar-refractivity contribution in [3.05, 3.63) is 48.0 Å². The molecule has 0 aliphatic heterocycles. The number of imidazole rings is 1. The minimum atomic E-state index is -0.0869. The van der Waals surface area contributed by atoms with Crippen molar-refractivity contribution in [2.75, 3.05) is 6.61 Å². The van der Waals surface area contributed by atoms with Gasteiger partial charge in [-0.05, 0) is 85.0 Å². The summed E-state index contributed by atoms with van der Waals surface area (Å²) >= 11 is 0. The second-order valence-corrected chi connectivity index (χ2v) is 9.06. The van der Waals surface area contributed by atoms with Crippen LogP contribution < -0.4 is 4.74 Å². The monoisotopic (exact) mass is 366 g/mol. The Morgan fingerprint density at radius 1 is 1.26 bits per heavy atom. The van der Waals surface area contributed by atoms with Gasteiger partial charge in [-0.25, -0.2) is 4.98 Å². The number of aromatic nitrogens is 2. The first-order valence-electron chi connectivity index (χ1n) is 10.5. The molecular formula is C23H30N2O2. The zero-order valence-electron chi connectivity index (χ0n) is 16.2. The molecule has 0 radical (unpaired) electrons. The van der Waals surface area contributed by atoms with Crippen molar-refractivity contribution in [2.24, 2.45) is 17.3 Å². The lowest BCUT2D eigenvalue weighted by Gasteiger charge is -2.50. The normalized spacial score (nSPS) is 34.6. The van der Waals surface area contributed by atoms with Gasteiger partial charge in [0.1, 0.15) is 12.4 Å². The first-order chi connectivity index (χ1) is 13.1. The van der Waals surface area contributed by atoms with Gasteiger partial charge in [-0.1, -0.05) is 13.0 Å². The van der Waals surface area contributed by atoms with Gasteiger partial charge in [0.15, 0.2) is 0 Å². The van der Waals surface area contributed by atoms with Crippen molar-refractivity contribution in [3.8, 4) is 5.75 Å². The van der Waals surface area contributed by atoms with E-state index in [1.165, 1.54) is 31.2 Å². The van der Waals surface area contributed by atoms with E-state index in [1.807, 2.05) is 17.1 Å². The summed E-state index contributed by atoms with van der Waals surface area (Å²) in [6.45, 7) is 3.84. The van der Waals surface area contributed by atoms with Gasteiger partial charge in [-0.2, -0.15) is 0 Å². The van der Waals surface area contributed by atoms with Crippen LogP contribution in [0, 0.1) is 17.3 Å². The molecule has 0 amide bonds. The van der Waals surface area contributed by atoms with Gasteiger partial charge in [-0.15, -0.1) is 0 Å². The Kier molecular flexibility index (Phi) is 4.27. The molecule has 1 heterocycles. The molecule has 144 valence electrons. The summed E-state index contributed by atoms with van der Waals surface area (Å²) in [5.41, 5.74) is 3.20. The van der Waals surface area contributed by atoms with E-state index in [4.69, 9.17) is 4.74 Å². The molecule has 2 aromatic rings. The van der Waals surface area contributed by atoms with E-state index in [1.54, 1.807) is 11.8 Å². The smallest absolute Gasteiger partial charge is 0.119 e. The van der Waals surface area contributed by atoms with Crippen molar-refractivity contribution in [3.63, 3.8) is 0 Å². The van der Waals surface area contributed by atoms with E-state index in [0.29, 0.717) is 18.4 Å². The number of aliphatic hydroxyl groups excluding tert-OH is 1. The molecule has 0 spiro atoms. The summed E-state index contributed by atoms with van der Waals surface area (Å²) in [4.78, 5) is 4.07. The van der Waals surface area contributed by atoms with E-state index >= 15 is 0 Å². The third-order valence-corrected chi connectivity index (χ3v) is 7.83. The second-order valence-electron chi connectivity index (χ2n) is 9.06. The van der Waals surface area contributed by atoms with E-state index in [2.05, 4.69) is 30.1 Å². The number of aliphatic hydroxyl groups is 1. The highest BCUT2D eigenvalue weighted by Crippen LogP contribution is 2.60. The Morgan fingerprint density at radius 2 is 2.19 bits per heavy atom.